The first-order valence-corrected chi connectivity index (χ1v) is 11.8. The van der Waals surface area contributed by atoms with E-state index in [-0.39, 0.29) is 0 Å². The molecule has 0 aliphatic carbocycles. The molecule has 0 aromatic rings. The van der Waals surface area contributed by atoms with Crippen LogP contribution in [0.3, 0.4) is 0 Å². The molecule has 0 N–H and O–H groups in total. The Morgan fingerprint density at radius 3 is 1.29 bits per heavy atom. The van der Waals surface area contributed by atoms with Crippen LogP contribution in [0, 0.1) is 0 Å². The van der Waals surface area contributed by atoms with Crippen LogP contribution in [0.2, 0.25) is 0 Å². The summed E-state index contributed by atoms with van der Waals surface area (Å²) in [6.07, 6.45) is 7.86. The van der Waals surface area contributed by atoms with Gasteiger partial charge in [0.1, 0.15) is 0 Å². The molecule has 0 saturated carbocycles. The first-order valence-electron chi connectivity index (χ1n) is 8.84. The van der Waals surface area contributed by atoms with Crippen molar-refractivity contribution in [2.24, 2.45) is 0 Å². The van der Waals surface area contributed by atoms with Crippen molar-refractivity contribution in [3.63, 3.8) is 0 Å². The van der Waals surface area contributed by atoms with Crippen LogP contribution in [0.25, 0.3) is 0 Å². The summed E-state index contributed by atoms with van der Waals surface area (Å²) in [5.74, 6) is 0. The molecule has 0 aromatic heterocycles. The monoisotopic (exact) mass is 334 g/mol. The second-order valence-corrected chi connectivity index (χ2v) is 12.7. The molecule has 0 aromatic carbocycles. The Kier molecular flexibility index (Phi) is 4.86. The van der Waals surface area contributed by atoms with Crippen molar-refractivity contribution in [1.82, 2.24) is 18.7 Å². The Hall–Kier alpha value is 0.560. The van der Waals surface area contributed by atoms with E-state index in [1.165, 1.54) is 77.8 Å². The van der Waals surface area contributed by atoms with Gasteiger partial charge in [-0.15, -0.1) is 0 Å². The van der Waals surface area contributed by atoms with Crippen LogP contribution >= 0.6 is 17.8 Å². The van der Waals surface area contributed by atoms with Gasteiger partial charge in [0.2, 0.25) is 0 Å². The van der Waals surface area contributed by atoms with E-state index in [4.69, 9.17) is 11.2 Å². The number of nitrogens with zero attached hydrogens (tertiary/aromatic N) is 4. The van der Waals surface area contributed by atoms with E-state index in [0.717, 1.165) is 6.54 Å². The van der Waals surface area contributed by atoms with Crippen LogP contribution in [0.15, 0.2) is 0 Å². The van der Waals surface area contributed by atoms with Crippen LogP contribution in [0.1, 0.15) is 45.4 Å². The van der Waals surface area contributed by atoms with Crippen LogP contribution in [-0.2, 0) is 0 Å². The molecular formula is C15H32ClN4P. The van der Waals surface area contributed by atoms with Crippen LogP contribution < -0.4 is 0 Å². The standard InChI is InChI=1S/C15H32ClN4P/c1-3-17(2)21(16,18-10-4-5-11-18,19-12-6-7-13-19)20-14-8-9-15-20/h3-15H2,1-2H3. The molecule has 124 valence electrons. The average Bonchev–Trinajstić information content (AvgIpc) is 3.29. The number of rotatable bonds is 5. The summed E-state index contributed by atoms with van der Waals surface area (Å²) >= 11 is 7.90. The molecule has 6 heteroatoms. The molecule has 3 aliphatic rings. The minimum absolute atomic E-state index is 1.03. The van der Waals surface area contributed by atoms with Gasteiger partial charge in [-0.3, -0.25) is 0 Å². The zero-order valence-electron chi connectivity index (χ0n) is 13.8. The van der Waals surface area contributed by atoms with Crippen molar-refractivity contribution in [3.8, 4) is 0 Å². The van der Waals surface area contributed by atoms with Crippen molar-refractivity contribution in [2.45, 2.75) is 45.4 Å². The molecule has 3 aliphatic heterocycles. The first kappa shape index (κ1) is 16.4. The molecule has 0 atom stereocenters. The number of hydrogen-bond acceptors (Lipinski definition) is 4. The van der Waals surface area contributed by atoms with E-state index in [0.29, 0.717) is 0 Å². The van der Waals surface area contributed by atoms with Gasteiger partial charge in [0, 0.05) is 0 Å². The van der Waals surface area contributed by atoms with E-state index in [1.54, 1.807) is 0 Å². The molecule has 21 heavy (non-hydrogen) atoms. The molecular weight excluding hydrogens is 303 g/mol. The summed E-state index contributed by atoms with van der Waals surface area (Å²) in [4.78, 5) is 0. The molecule has 0 unspecified atom stereocenters. The molecule has 0 spiro atoms. The third-order valence-electron chi connectivity index (χ3n) is 5.75. The van der Waals surface area contributed by atoms with E-state index < -0.39 is 6.56 Å². The predicted octanol–water partition coefficient (Wildman–Crippen LogP) is 3.59. The molecule has 4 nitrogen and oxygen atoms in total. The Balaban J connectivity index is 2.08. The topological polar surface area (TPSA) is 13.0 Å². The fourth-order valence-electron chi connectivity index (χ4n) is 4.56. The van der Waals surface area contributed by atoms with Crippen molar-refractivity contribution < 1.29 is 0 Å². The van der Waals surface area contributed by atoms with E-state index in [2.05, 4.69) is 32.7 Å². The van der Waals surface area contributed by atoms with Gasteiger partial charge >= 0.3 is 135 Å². The second-order valence-electron chi connectivity index (χ2n) is 6.80. The molecule has 0 bridgehead atoms. The van der Waals surface area contributed by atoms with Gasteiger partial charge < -0.3 is 0 Å². The summed E-state index contributed by atoms with van der Waals surface area (Å²) in [5, 5.41) is 0. The summed E-state index contributed by atoms with van der Waals surface area (Å²) in [6, 6.07) is 0. The maximum absolute atomic E-state index is 7.90. The van der Waals surface area contributed by atoms with Crippen molar-refractivity contribution in [2.75, 3.05) is 52.9 Å². The fraction of sp³-hybridized carbons (Fsp3) is 1.00. The summed E-state index contributed by atoms with van der Waals surface area (Å²) < 4.78 is 10.6. The second kappa shape index (κ2) is 6.22. The number of hydrogen-bond donors (Lipinski definition) is 0. The number of halogens is 1. The Morgan fingerprint density at radius 2 is 1.05 bits per heavy atom. The fourth-order valence-corrected chi connectivity index (χ4v) is 12.0. The normalized spacial score (nSPS) is 28.5. The van der Waals surface area contributed by atoms with Gasteiger partial charge in [-0.1, -0.05) is 0 Å². The third-order valence-corrected chi connectivity index (χ3v) is 14.0. The molecule has 0 radical (unpaired) electrons. The molecule has 3 rings (SSSR count). The zero-order valence-corrected chi connectivity index (χ0v) is 15.5. The molecule has 3 saturated heterocycles. The van der Waals surface area contributed by atoms with Crippen LogP contribution in [0.5, 0.6) is 0 Å². The van der Waals surface area contributed by atoms with Gasteiger partial charge in [0.15, 0.2) is 0 Å². The van der Waals surface area contributed by atoms with E-state index in [1.807, 2.05) is 0 Å². The van der Waals surface area contributed by atoms with E-state index >= 15 is 0 Å². The van der Waals surface area contributed by atoms with Gasteiger partial charge in [-0.25, -0.2) is 0 Å². The van der Waals surface area contributed by atoms with Gasteiger partial charge in [-0.05, 0) is 0 Å². The van der Waals surface area contributed by atoms with Crippen LogP contribution in [-0.4, -0.2) is 71.5 Å². The summed E-state index contributed by atoms with van der Waals surface area (Å²) in [6.45, 7) is 7.58. The Labute approximate surface area is 135 Å². The van der Waals surface area contributed by atoms with Gasteiger partial charge in [-0.2, -0.15) is 0 Å². The summed E-state index contributed by atoms with van der Waals surface area (Å²) in [5.41, 5.74) is 0. The van der Waals surface area contributed by atoms with Gasteiger partial charge in [0.05, 0.1) is 0 Å². The van der Waals surface area contributed by atoms with Crippen LogP contribution in [0.4, 0.5) is 0 Å². The molecule has 3 heterocycles. The first-order chi connectivity index (χ1) is 10.1. The van der Waals surface area contributed by atoms with Crippen molar-refractivity contribution in [1.29, 1.82) is 0 Å². The Bertz CT molecular complexity index is 319. The SMILES string of the molecule is CCN(C)P(Cl)(N1CCCC1)(N1CCCC1)N1CCCC1. The van der Waals surface area contributed by atoms with Crippen molar-refractivity contribution in [3.05, 3.63) is 0 Å². The Morgan fingerprint density at radius 1 is 0.762 bits per heavy atom. The minimum atomic E-state index is -2.80. The van der Waals surface area contributed by atoms with Crippen molar-refractivity contribution >= 4 is 17.8 Å². The molecule has 3 fully saturated rings. The predicted molar refractivity (Wildman–Crippen MR) is 93.5 cm³/mol. The maximum atomic E-state index is 7.90. The average molecular weight is 335 g/mol. The zero-order chi connectivity index (χ0) is 14.9. The quantitative estimate of drug-likeness (QED) is 0.712. The molecule has 0 amide bonds. The summed E-state index contributed by atoms with van der Waals surface area (Å²) in [7, 11) is 2.28. The van der Waals surface area contributed by atoms with Gasteiger partial charge in [0.25, 0.3) is 0 Å². The van der Waals surface area contributed by atoms with E-state index in [9.17, 15) is 0 Å². The third kappa shape index (κ3) is 2.29.